The highest BCUT2D eigenvalue weighted by Gasteiger charge is 2.48. The van der Waals surface area contributed by atoms with Crippen LogP contribution >= 0.6 is 11.6 Å². The lowest BCUT2D eigenvalue weighted by atomic mass is 9.96. The standard InChI is InChI=1S/C12H12ClNO2/c1-15-8-3-4-9(16-2)11(13)10(8)12(7-14)5-6-12/h3-4H,5-6H2,1-2H3. The number of halogens is 1. The van der Waals surface area contributed by atoms with Crippen LogP contribution in [-0.2, 0) is 5.41 Å². The van der Waals surface area contributed by atoms with Crippen LogP contribution in [0.2, 0.25) is 5.02 Å². The van der Waals surface area contributed by atoms with Gasteiger partial charge in [-0.25, -0.2) is 0 Å². The van der Waals surface area contributed by atoms with Gasteiger partial charge in [-0.05, 0) is 25.0 Å². The first kappa shape index (κ1) is 11.1. The predicted octanol–water partition coefficient (Wildman–Crippen LogP) is 2.91. The van der Waals surface area contributed by atoms with Gasteiger partial charge in [0.2, 0.25) is 0 Å². The molecule has 3 nitrogen and oxygen atoms in total. The van der Waals surface area contributed by atoms with E-state index in [1.54, 1.807) is 26.4 Å². The van der Waals surface area contributed by atoms with Crippen LogP contribution in [0, 0.1) is 11.3 Å². The van der Waals surface area contributed by atoms with Gasteiger partial charge in [0.15, 0.2) is 0 Å². The van der Waals surface area contributed by atoms with Gasteiger partial charge in [-0.1, -0.05) is 11.6 Å². The molecule has 0 heterocycles. The Hall–Kier alpha value is -1.40. The topological polar surface area (TPSA) is 42.2 Å². The van der Waals surface area contributed by atoms with Crippen LogP contribution < -0.4 is 9.47 Å². The van der Waals surface area contributed by atoms with Gasteiger partial charge in [-0.3, -0.25) is 0 Å². The number of ether oxygens (including phenoxy) is 2. The van der Waals surface area contributed by atoms with Crippen molar-refractivity contribution in [3.8, 4) is 17.6 Å². The van der Waals surface area contributed by atoms with E-state index in [9.17, 15) is 5.26 Å². The number of nitriles is 1. The van der Waals surface area contributed by atoms with Gasteiger partial charge in [0.25, 0.3) is 0 Å². The first-order chi connectivity index (χ1) is 7.68. The quantitative estimate of drug-likeness (QED) is 0.812. The Morgan fingerprint density at radius 2 is 1.81 bits per heavy atom. The molecule has 1 aliphatic carbocycles. The van der Waals surface area contributed by atoms with E-state index in [0.717, 1.165) is 18.4 Å². The van der Waals surface area contributed by atoms with Gasteiger partial charge in [-0.2, -0.15) is 5.26 Å². The van der Waals surface area contributed by atoms with E-state index >= 15 is 0 Å². The monoisotopic (exact) mass is 237 g/mol. The molecule has 0 N–H and O–H groups in total. The second kappa shape index (κ2) is 3.88. The van der Waals surface area contributed by atoms with Crippen molar-refractivity contribution in [1.82, 2.24) is 0 Å². The summed E-state index contributed by atoms with van der Waals surface area (Å²) in [6.07, 6.45) is 1.65. The minimum Gasteiger partial charge on any atom is -0.496 e. The van der Waals surface area contributed by atoms with Gasteiger partial charge in [0.1, 0.15) is 11.5 Å². The molecule has 0 spiro atoms. The van der Waals surface area contributed by atoms with Crippen LogP contribution in [0.25, 0.3) is 0 Å². The zero-order valence-electron chi connectivity index (χ0n) is 9.21. The summed E-state index contributed by atoms with van der Waals surface area (Å²) >= 11 is 6.24. The van der Waals surface area contributed by atoms with Crippen molar-refractivity contribution in [2.24, 2.45) is 0 Å². The van der Waals surface area contributed by atoms with Crippen LogP contribution in [0.1, 0.15) is 18.4 Å². The smallest absolute Gasteiger partial charge is 0.138 e. The minimum absolute atomic E-state index is 0.475. The van der Waals surface area contributed by atoms with Crippen LogP contribution in [-0.4, -0.2) is 14.2 Å². The maximum absolute atomic E-state index is 9.21. The van der Waals surface area contributed by atoms with E-state index in [4.69, 9.17) is 21.1 Å². The molecule has 0 amide bonds. The summed E-state index contributed by atoms with van der Waals surface area (Å²) in [6.45, 7) is 0. The Morgan fingerprint density at radius 3 is 2.25 bits per heavy atom. The molecule has 0 saturated heterocycles. The molecule has 0 unspecified atom stereocenters. The summed E-state index contributed by atoms with van der Waals surface area (Å²) in [7, 11) is 3.14. The van der Waals surface area contributed by atoms with Crippen molar-refractivity contribution < 1.29 is 9.47 Å². The largest absolute Gasteiger partial charge is 0.496 e. The van der Waals surface area contributed by atoms with Gasteiger partial charge in [-0.15, -0.1) is 0 Å². The molecule has 16 heavy (non-hydrogen) atoms. The lowest BCUT2D eigenvalue weighted by molar-refractivity contribution is 0.397. The number of methoxy groups -OCH3 is 2. The van der Waals surface area contributed by atoms with Crippen molar-refractivity contribution in [1.29, 1.82) is 5.26 Å². The third-order valence-electron chi connectivity index (χ3n) is 2.95. The molecular formula is C12H12ClNO2. The fraction of sp³-hybridized carbons (Fsp3) is 0.417. The van der Waals surface area contributed by atoms with Crippen molar-refractivity contribution in [2.45, 2.75) is 18.3 Å². The van der Waals surface area contributed by atoms with Crippen LogP contribution in [0.15, 0.2) is 12.1 Å². The van der Waals surface area contributed by atoms with E-state index in [0.29, 0.717) is 16.5 Å². The number of benzene rings is 1. The van der Waals surface area contributed by atoms with E-state index in [1.807, 2.05) is 0 Å². The maximum atomic E-state index is 9.21. The Labute approximate surface area is 99.5 Å². The second-order valence-electron chi connectivity index (χ2n) is 3.85. The summed E-state index contributed by atoms with van der Waals surface area (Å²) < 4.78 is 10.4. The summed E-state index contributed by atoms with van der Waals surface area (Å²) in [5.74, 6) is 1.24. The van der Waals surface area contributed by atoms with Gasteiger partial charge in [0.05, 0.1) is 30.7 Å². The number of hydrogen-bond acceptors (Lipinski definition) is 3. The molecule has 84 valence electrons. The normalized spacial score (nSPS) is 16.4. The highest BCUT2D eigenvalue weighted by atomic mass is 35.5. The fourth-order valence-electron chi connectivity index (χ4n) is 1.86. The molecule has 4 heteroatoms. The molecule has 0 aliphatic heterocycles. The van der Waals surface area contributed by atoms with E-state index in [2.05, 4.69) is 6.07 Å². The molecule has 0 bridgehead atoms. The van der Waals surface area contributed by atoms with Crippen molar-refractivity contribution in [2.75, 3.05) is 14.2 Å². The zero-order valence-corrected chi connectivity index (χ0v) is 9.97. The Morgan fingerprint density at radius 1 is 1.25 bits per heavy atom. The molecule has 1 aliphatic rings. The van der Waals surface area contributed by atoms with Crippen molar-refractivity contribution in [3.63, 3.8) is 0 Å². The van der Waals surface area contributed by atoms with Crippen molar-refractivity contribution in [3.05, 3.63) is 22.7 Å². The van der Waals surface area contributed by atoms with Gasteiger partial charge < -0.3 is 9.47 Å². The van der Waals surface area contributed by atoms with E-state index in [1.165, 1.54) is 0 Å². The third-order valence-corrected chi connectivity index (χ3v) is 3.33. The molecule has 1 fully saturated rings. The summed E-state index contributed by atoms with van der Waals surface area (Å²) in [5.41, 5.74) is 0.287. The maximum Gasteiger partial charge on any atom is 0.138 e. The molecule has 1 aromatic rings. The Balaban J connectivity index is 2.61. The van der Waals surface area contributed by atoms with E-state index in [-0.39, 0.29) is 0 Å². The number of nitrogens with zero attached hydrogens (tertiary/aromatic N) is 1. The fourth-order valence-corrected chi connectivity index (χ4v) is 2.27. The first-order valence-corrected chi connectivity index (χ1v) is 5.38. The first-order valence-electron chi connectivity index (χ1n) is 5.01. The zero-order chi connectivity index (χ0) is 11.8. The van der Waals surface area contributed by atoms with Crippen LogP contribution in [0.3, 0.4) is 0 Å². The van der Waals surface area contributed by atoms with Crippen LogP contribution in [0.4, 0.5) is 0 Å². The molecule has 1 aromatic carbocycles. The lowest BCUT2D eigenvalue weighted by Crippen LogP contribution is -2.07. The molecule has 2 rings (SSSR count). The van der Waals surface area contributed by atoms with Gasteiger partial charge in [0, 0.05) is 5.56 Å². The number of hydrogen-bond donors (Lipinski definition) is 0. The predicted molar refractivity (Wildman–Crippen MR) is 61.1 cm³/mol. The highest BCUT2D eigenvalue weighted by molar-refractivity contribution is 6.33. The highest BCUT2D eigenvalue weighted by Crippen LogP contribution is 2.54. The Kier molecular flexibility index (Phi) is 2.69. The number of rotatable bonds is 3. The Bertz CT molecular complexity index is 461. The minimum atomic E-state index is -0.475. The molecule has 0 atom stereocenters. The summed E-state index contributed by atoms with van der Waals surface area (Å²) in [4.78, 5) is 0. The van der Waals surface area contributed by atoms with E-state index < -0.39 is 5.41 Å². The summed E-state index contributed by atoms with van der Waals surface area (Å²) in [6, 6.07) is 5.85. The second-order valence-corrected chi connectivity index (χ2v) is 4.23. The molecular weight excluding hydrogens is 226 g/mol. The third kappa shape index (κ3) is 1.50. The molecule has 0 aromatic heterocycles. The SMILES string of the molecule is COc1ccc(OC)c(C2(C#N)CC2)c1Cl. The van der Waals surface area contributed by atoms with Gasteiger partial charge >= 0.3 is 0 Å². The van der Waals surface area contributed by atoms with Crippen molar-refractivity contribution >= 4 is 11.6 Å². The summed E-state index contributed by atoms with van der Waals surface area (Å²) in [5, 5.41) is 9.70. The average molecular weight is 238 g/mol. The average Bonchev–Trinajstić information content (AvgIpc) is 3.09. The molecule has 1 saturated carbocycles. The lowest BCUT2D eigenvalue weighted by Gasteiger charge is -2.16. The molecule has 0 radical (unpaired) electrons. The van der Waals surface area contributed by atoms with Crippen LogP contribution in [0.5, 0.6) is 11.5 Å².